The lowest BCUT2D eigenvalue weighted by molar-refractivity contribution is -0.140. The van der Waals surface area contributed by atoms with Crippen molar-refractivity contribution in [3.8, 4) is 0 Å². The Morgan fingerprint density at radius 2 is 1.75 bits per heavy atom. The topological polar surface area (TPSA) is 42.9 Å². The monoisotopic (exact) mass is 284 g/mol. The maximum absolute atomic E-state index is 13.1. The lowest BCUT2D eigenvalue weighted by Crippen LogP contribution is -2.12. The van der Waals surface area contributed by atoms with Crippen LogP contribution in [0.2, 0.25) is 0 Å². The van der Waals surface area contributed by atoms with Gasteiger partial charge in [-0.1, -0.05) is 0 Å². The van der Waals surface area contributed by atoms with E-state index in [1.54, 1.807) is 6.92 Å². The SMILES string of the molecule is Cc1cnc(C(=O)c2ccc(F)c(C(F)(F)F)c2)nc1. The third-order valence-corrected chi connectivity index (χ3v) is 2.52. The molecule has 0 spiro atoms. The second kappa shape index (κ2) is 4.99. The van der Waals surface area contributed by atoms with Gasteiger partial charge in [0.05, 0.1) is 5.56 Å². The van der Waals surface area contributed by atoms with Crippen LogP contribution in [0.15, 0.2) is 30.6 Å². The van der Waals surface area contributed by atoms with Gasteiger partial charge in [0.2, 0.25) is 11.6 Å². The van der Waals surface area contributed by atoms with Crippen LogP contribution >= 0.6 is 0 Å². The van der Waals surface area contributed by atoms with E-state index < -0.39 is 23.3 Å². The molecular weight excluding hydrogens is 276 g/mol. The van der Waals surface area contributed by atoms with Crippen molar-refractivity contribution in [2.75, 3.05) is 0 Å². The molecular formula is C13H8F4N2O. The Morgan fingerprint density at radius 1 is 1.15 bits per heavy atom. The average molecular weight is 284 g/mol. The number of hydrogen-bond donors (Lipinski definition) is 0. The first-order valence-corrected chi connectivity index (χ1v) is 5.49. The minimum atomic E-state index is -4.87. The van der Waals surface area contributed by atoms with Gasteiger partial charge in [0.1, 0.15) is 5.82 Å². The Balaban J connectivity index is 2.43. The lowest BCUT2D eigenvalue weighted by Gasteiger charge is -2.09. The van der Waals surface area contributed by atoms with Gasteiger partial charge in [0.25, 0.3) is 0 Å². The standard InChI is InChI=1S/C13H8F4N2O/c1-7-5-18-12(19-6-7)11(20)8-2-3-10(14)9(4-8)13(15,16)17/h2-6H,1H3. The van der Waals surface area contributed by atoms with Crippen LogP contribution in [0.5, 0.6) is 0 Å². The predicted molar refractivity (Wildman–Crippen MR) is 61.6 cm³/mol. The number of ketones is 1. The fourth-order valence-electron chi connectivity index (χ4n) is 1.52. The zero-order valence-corrected chi connectivity index (χ0v) is 10.2. The average Bonchev–Trinajstić information content (AvgIpc) is 2.38. The largest absolute Gasteiger partial charge is 0.419 e. The van der Waals surface area contributed by atoms with Crippen molar-refractivity contribution >= 4 is 5.78 Å². The fraction of sp³-hybridized carbons (Fsp3) is 0.154. The minimum absolute atomic E-state index is 0.240. The molecule has 0 amide bonds. The van der Waals surface area contributed by atoms with Crippen molar-refractivity contribution in [2.45, 2.75) is 13.1 Å². The summed E-state index contributed by atoms with van der Waals surface area (Å²) < 4.78 is 50.8. The van der Waals surface area contributed by atoms with Crippen LogP contribution in [0.3, 0.4) is 0 Å². The third kappa shape index (κ3) is 2.81. The predicted octanol–water partition coefficient (Wildman–Crippen LogP) is 3.17. The molecule has 0 unspecified atom stereocenters. The van der Waals surface area contributed by atoms with Crippen LogP contribution in [0.25, 0.3) is 0 Å². The van der Waals surface area contributed by atoms with Crippen molar-refractivity contribution in [1.82, 2.24) is 9.97 Å². The molecule has 0 radical (unpaired) electrons. The molecule has 0 bridgehead atoms. The Labute approximate surface area is 111 Å². The molecule has 2 rings (SSSR count). The molecule has 0 saturated carbocycles. The van der Waals surface area contributed by atoms with Crippen LogP contribution in [0, 0.1) is 12.7 Å². The van der Waals surface area contributed by atoms with E-state index in [4.69, 9.17) is 0 Å². The molecule has 0 fully saturated rings. The Bertz CT molecular complexity index is 650. The molecule has 0 atom stereocenters. The highest BCUT2D eigenvalue weighted by Gasteiger charge is 2.34. The molecule has 0 N–H and O–H groups in total. The Hall–Kier alpha value is -2.31. The maximum atomic E-state index is 13.1. The fourth-order valence-corrected chi connectivity index (χ4v) is 1.52. The van der Waals surface area contributed by atoms with Crippen molar-refractivity contribution in [3.63, 3.8) is 0 Å². The molecule has 20 heavy (non-hydrogen) atoms. The Kier molecular flexibility index (Phi) is 3.52. The molecule has 3 nitrogen and oxygen atoms in total. The second-order valence-corrected chi connectivity index (χ2v) is 4.11. The number of carbonyl (C=O) groups is 1. The van der Waals surface area contributed by atoms with Gasteiger partial charge in [-0.05, 0) is 30.7 Å². The van der Waals surface area contributed by atoms with E-state index in [1.807, 2.05) is 0 Å². The summed E-state index contributed by atoms with van der Waals surface area (Å²) in [5.41, 5.74) is -1.10. The highest BCUT2D eigenvalue weighted by atomic mass is 19.4. The smallest absolute Gasteiger partial charge is 0.285 e. The number of nitrogens with zero attached hydrogens (tertiary/aromatic N) is 2. The Morgan fingerprint density at radius 3 is 2.30 bits per heavy atom. The van der Waals surface area contributed by atoms with Gasteiger partial charge in [0.15, 0.2) is 0 Å². The second-order valence-electron chi connectivity index (χ2n) is 4.11. The van der Waals surface area contributed by atoms with Crippen LogP contribution in [-0.4, -0.2) is 15.8 Å². The first-order chi connectivity index (χ1) is 9.29. The van der Waals surface area contributed by atoms with E-state index in [0.29, 0.717) is 17.7 Å². The van der Waals surface area contributed by atoms with Gasteiger partial charge in [0, 0.05) is 18.0 Å². The molecule has 0 aliphatic heterocycles. The highest BCUT2D eigenvalue weighted by molar-refractivity contribution is 6.06. The number of aromatic nitrogens is 2. The van der Waals surface area contributed by atoms with Crippen LogP contribution < -0.4 is 0 Å². The number of aryl methyl sites for hydroxylation is 1. The quantitative estimate of drug-likeness (QED) is 0.628. The summed E-state index contributed by atoms with van der Waals surface area (Å²) in [6.45, 7) is 1.70. The molecule has 0 aliphatic rings. The van der Waals surface area contributed by atoms with Gasteiger partial charge in [-0.3, -0.25) is 4.79 Å². The first kappa shape index (κ1) is 14.1. The summed E-state index contributed by atoms with van der Waals surface area (Å²) in [6.07, 6.45) is -2.13. The van der Waals surface area contributed by atoms with Crippen molar-refractivity contribution < 1.29 is 22.4 Å². The summed E-state index contributed by atoms with van der Waals surface area (Å²) >= 11 is 0. The summed E-state index contributed by atoms with van der Waals surface area (Å²) in [5, 5.41) is 0. The molecule has 2 aromatic rings. The number of benzene rings is 1. The van der Waals surface area contributed by atoms with Gasteiger partial charge in [-0.2, -0.15) is 13.2 Å². The first-order valence-electron chi connectivity index (χ1n) is 5.49. The number of rotatable bonds is 2. The van der Waals surface area contributed by atoms with Crippen molar-refractivity contribution in [2.24, 2.45) is 0 Å². The molecule has 1 aromatic heterocycles. The maximum Gasteiger partial charge on any atom is 0.419 e. The summed E-state index contributed by atoms with van der Waals surface area (Å²) in [4.78, 5) is 19.4. The van der Waals surface area contributed by atoms with E-state index in [9.17, 15) is 22.4 Å². The van der Waals surface area contributed by atoms with E-state index in [-0.39, 0.29) is 11.4 Å². The number of alkyl halides is 3. The number of hydrogen-bond acceptors (Lipinski definition) is 3. The van der Waals surface area contributed by atoms with Gasteiger partial charge < -0.3 is 0 Å². The molecule has 0 saturated heterocycles. The van der Waals surface area contributed by atoms with Gasteiger partial charge in [-0.15, -0.1) is 0 Å². The molecule has 104 valence electrons. The summed E-state index contributed by atoms with van der Waals surface area (Å²) in [6, 6.07) is 2.03. The highest BCUT2D eigenvalue weighted by Crippen LogP contribution is 2.32. The summed E-state index contributed by atoms with van der Waals surface area (Å²) in [5.74, 6) is -2.47. The van der Waals surface area contributed by atoms with Crippen LogP contribution in [-0.2, 0) is 6.18 Å². The minimum Gasteiger partial charge on any atom is -0.285 e. The molecule has 1 heterocycles. The van der Waals surface area contributed by atoms with Crippen molar-refractivity contribution in [3.05, 3.63) is 58.9 Å². The zero-order valence-electron chi connectivity index (χ0n) is 10.2. The van der Waals surface area contributed by atoms with Crippen LogP contribution in [0.1, 0.15) is 27.3 Å². The lowest BCUT2D eigenvalue weighted by atomic mass is 10.1. The molecule has 1 aromatic carbocycles. The van der Waals surface area contributed by atoms with E-state index in [2.05, 4.69) is 9.97 Å². The normalized spacial score (nSPS) is 11.4. The zero-order chi connectivity index (χ0) is 14.9. The summed E-state index contributed by atoms with van der Waals surface area (Å²) in [7, 11) is 0. The van der Waals surface area contributed by atoms with Gasteiger partial charge in [-0.25, -0.2) is 14.4 Å². The van der Waals surface area contributed by atoms with E-state index in [0.717, 1.165) is 6.07 Å². The van der Waals surface area contributed by atoms with Crippen LogP contribution in [0.4, 0.5) is 17.6 Å². The third-order valence-electron chi connectivity index (χ3n) is 2.52. The number of halogens is 4. The van der Waals surface area contributed by atoms with Crippen molar-refractivity contribution in [1.29, 1.82) is 0 Å². The van der Waals surface area contributed by atoms with Gasteiger partial charge >= 0.3 is 6.18 Å². The van der Waals surface area contributed by atoms with E-state index >= 15 is 0 Å². The van der Waals surface area contributed by atoms with E-state index in [1.165, 1.54) is 12.4 Å². The number of carbonyl (C=O) groups excluding carboxylic acids is 1. The molecule has 0 aliphatic carbocycles. The molecule has 7 heteroatoms.